The second-order valence-electron chi connectivity index (χ2n) is 6.69. The zero-order valence-corrected chi connectivity index (χ0v) is 15.8. The van der Waals surface area contributed by atoms with E-state index in [4.69, 9.17) is 0 Å². The number of para-hydroxylation sites is 1. The SMILES string of the molecule is Cc1ccccc1C(=O)Nc1cccc(C(=O)Nc2ccc3ccccc3n2)c1. The lowest BCUT2D eigenvalue weighted by Crippen LogP contribution is -2.15. The summed E-state index contributed by atoms with van der Waals surface area (Å²) in [5.74, 6) is -0.0281. The molecule has 0 saturated carbocycles. The van der Waals surface area contributed by atoms with Gasteiger partial charge in [0.25, 0.3) is 11.8 Å². The van der Waals surface area contributed by atoms with Crippen LogP contribution in [0.4, 0.5) is 11.5 Å². The van der Waals surface area contributed by atoms with Crippen molar-refractivity contribution in [2.45, 2.75) is 6.92 Å². The van der Waals surface area contributed by atoms with Gasteiger partial charge in [-0.15, -0.1) is 0 Å². The first-order valence-electron chi connectivity index (χ1n) is 9.24. The average molecular weight is 381 g/mol. The van der Waals surface area contributed by atoms with Crippen molar-refractivity contribution in [1.82, 2.24) is 4.98 Å². The van der Waals surface area contributed by atoms with Crippen LogP contribution >= 0.6 is 0 Å². The molecule has 0 unspecified atom stereocenters. The van der Waals surface area contributed by atoms with Crippen molar-refractivity contribution in [2.24, 2.45) is 0 Å². The number of amides is 2. The third-order valence-electron chi connectivity index (χ3n) is 4.61. The summed E-state index contributed by atoms with van der Waals surface area (Å²) in [5, 5.41) is 6.66. The van der Waals surface area contributed by atoms with Crippen LogP contribution in [0.3, 0.4) is 0 Å². The number of benzene rings is 3. The highest BCUT2D eigenvalue weighted by Gasteiger charge is 2.11. The number of rotatable bonds is 4. The molecule has 0 radical (unpaired) electrons. The van der Waals surface area contributed by atoms with Gasteiger partial charge < -0.3 is 10.6 Å². The fourth-order valence-electron chi connectivity index (χ4n) is 3.09. The fraction of sp³-hybridized carbons (Fsp3) is 0.0417. The summed E-state index contributed by atoms with van der Waals surface area (Å²) in [5.41, 5.74) is 3.29. The molecule has 0 aliphatic rings. The number of nitrogens with zero attached hydrogens (tertiary/aromatic N) is 1. The summed E-state index contributed by atoms with van der Waals surface area (Å²) in [4.78, 5) is 29.6. The van der Waals surface area contributed by atoms with Crippen LogP contribution in [-0.4, -0.2) is 16.8 Å². The molecule has 1 aromatic heterocycles. The first-order chi connectivity index (χ1) is 14.1. The number of hydrogen-bond donors (Lipinski definition) is 2. The minimum atomic E-state index is -0.292. The van der Waals surface area contributed by atoms with E-state index in [0.717, 1.165) is 16.5 Å². The Balaban J connectivity index is 1.50. The van der Waals surface area contributed by atoms with E-state index in [1.54, 1.807) is 36.4 Å². The van der Waals surface area contributed by atoms with Crippen molar-refractivity contribution in [3.8, 4) is 0 Å². The molecule has 0 aliphatic carbocycles. The molecule has 0 bridgehead atoms. The molecule has 1 heterocycles. The predicted molar refractivity (Wildman–Crippen MR) is 115 cm³/mol. The Hall–Kier alpha value is -3.99. The molecule has 0 fully saturated rings. The van der Waals surface area contributed by atoms with Crippen LogP contribution < -0.4 is 10.6 Å². The lowest BCUT2D eigenvalue weighted by atomic mass is 10.1. The van der Waals surface area contributed by atoms with Gasteiger partial charge in [0.1, 0.15) is 5.82 Å². The standard InChI is InChI=1S/C24H19N3O2/c1-16-7-2-4-11-20(16)24(29)25-19-10-6-9-18(15-19)23(28)27-22-14-13-17-8-3-5-12-21(17)26-22/h2-15H,1H3,(H,25,29)(H,26,27,28). The fourth-order valence-corrected chi connectivity index (χ4v) is 3.09. The third kappa shape index (κ3) is 4.14. The van der Waals surface area contributed by atoms with Crippen LogP contribution in [0.1, 0.15) is 26.3 Å². The number of aryl methyl sites for hydroxylation is 1. The van der Waals surface area contributed by atoms with Gasteiger partial charge >= 0.3 is 0 Å². The normalized spacial score (nSPS) is 10.5. The van der Waals surface area contributed by atoms with E-state index in [-0.39, 0.29) is 11.8 Å². The highest BCUT2D eigenvalue weighted by atomic mass is 16.2. The second kappa shape index (κ2) is 7.94. The zero-order chi connectivity index (χ0) is 20.2. The molecule has 142 valence electrons. The molecule has 0 saturated heterocycles. The molecule has 29 heavy (non-hydrogen) atoms. The van der Waals surface area contributed by atoms with E-state index in [0.29, 0.717) is 22.6 Å². The molecular formula is C24H19N3O2. The molecule has 4 rings (SSSR count). The maximum atomic E-state index is 12.6. The Morgan fingerprint density at radius 2 is 1.55 bits per heavy atom. The van der Waals surface area contributed by atoms with Gasteiger partial charge in [-0.2, -0.15) is 0 Å². The predicted octanol–water partition coefficient (Wildman–Crippen LogP) is 5.05. The Morgan fingerprint density at radius 3 is 2.41 bits per heavy atom. The largest absolute Gasteiger partial charge is 0.322 e. The second-order valence-corrected chi connectivity index (χ2v) is 6.69. The van der Waals surface area contributed by atoms with Gasteiger partial charge in [0, 0.05) is 22.2 Å². The molecule has 5 heteroatoms. The molecule has 3 aromatic carbocycles. The molecule has 0 atom stereocenters. The number of pyridine rings is 1. The quantitative estimate of drug-likeness (QED) is 0.520. The Labute approximate surface area is 168 Å². The Kier molecular flexibility index (Phi) is 5.03. The van der Waals surface area contributed by atoms with Gasteiger partial charge in [0.2, 0.25) is 0 Å². The van der Waals surface area contributed by atoms with Gasteiger partial charge in [-0.25, -0.2) is 4.98 Å². The molecular weight excluding hydrogens is 362 g/mol. The number of fused-ring (bicyclic) bond motifs is 1. The van der Waals surface area contributed by atoms with E-state index < -0.39 is 0 Å². The van der Waals surface area contributed by atoms with Crippen molar-refractivity contribution >= 4 is 34.2 Å². The molecule has 5 nitrogen and oxygen atoms in total. The summed E-state index contributed by atoms with van der Waals surface area (Å²) < 4.78 is 0. The summed E-state index contributed by atoms with van der Waals surface area (Å²) in [6.07, 6.45) is 0. The van der Waals surface area contributed by atoms with E-state index >= 15 is 0 Å². The van der Waals surface area contributed by atoms with Gasteiger partial charge in [-0.05, 0) is 55.0 Å². The first-order valence-corrected chi connectivity index (χ1v) is 9.24. The van der Waals surface area contributed by atoms with Crippen molar-refractivity contribution in [2.75, 3.05) is 10.6 Å². The van der Waals surface area contributed by atoms with E-state index in [9.17, 15) is 9.59 Å². The van der Waals surface area contributed by atoms with E-state index in [2.05, 4.69) is 15.6 Å². The maximum Gasteiger partial charge on any atom is 0.256 e. The van der Waals surface area contributed by atoms with Gasteiger partial charge in [-0.3, -0.25) is 9.59 Å². The van der Waals surface area contributed by atoms with Crippen molar-refractivity contribution in [3.63, 3.8) is 0 Å². The maximum absolute atomic E-state index is 12.6. The van der Waals surface area contributed by atoms with Crippen LogP contribution in [0, 0.1) is 6.92 Å². The highest BCUT2D eigenvalue weighted by Crippen LogP contribution is 2.17. The molecule has 0 aliphatic heterocycles. The molecule has 4 aromatic rings. The van der Waals surface area contributed by atoms with E-state index in [1.807, 2.05) is 55.5 Å². The minimum absolute atomic E-state index is 0.211. The lowest BCUT2D eigenvalue weighted by molar-refractivity contribution is 0.101. The van der Waals surface area contributed by atoms with Gasteiger partial charge in [-0.1, -0.05) is 42.5 Å². The molecule has 2 amide bonds. The summed E-state index contributed by atoms with van der Waals surface area (Å²) in [7, 11) is 0. The van der Waals surface area contributed by atoms with Crippen LogP contribution in [0.5, 0.6) is 0 Å². The summed E-state index contributed by atoms with van der Waals surface area (Å²) in [6.45, 7) is 1.88. The number of nitrogens with one attached hydrogen (secondary N) is 2. The average Bonchev–Trinajstić information content (AvgIpc) is 2.74. The zero-order valence-electron chi connectivity index (χ0n) is 15.8. The number of hydrogen-bond acceptors (Lipinski definition) is 3. The van der Waals surface area contributed by atoms with Crippen LogP contribution in [-0.2, 0) is 0 Å². The Bertz CT molecular complexity index is 1220. The van der Waals surface area contributed by atoms with Crippen molar-refractivity contribution in [3.05, 3.63) is 102 Å². The van der Waals surface area contributed by atoms with Crippen LogP contribution in [0.2, 0.25) is 0 Å². The number of carbonyl (C=O) groups excluding carboxylic acids is 2. The highest BCUT2D eigenvalue weighted by molar-refractivity contribution is 6.07. The number of aromatic nitrogens is 1. The first kappa shape index (κ1) is 18.4. The molecule has 0 spiro atoms. The van der Waals surface area contributed by atoms with Gasteiger partial charge in [0.05, 0.1) is 5.52 Å². The van der Waals surface area contributed by atoms with Crippen molar-refractivity contribution in [1.29, 1.82) is 0 Å². The van der Waals surface area contributed by atoms with Gasteiger partial charge in [0.15, 0.2) is 0 Å². The summed E-state index contributed by atoms with van der Waals surface area (Å²) in [6, 6.07) is 25.6. The number of carbonyl (C=O) groups is 2. The topological polar surface area (TPSA) is 71.1 Å². The summed E-state index contributed by atoms with van der Waals surface area (Å²) >= 11 is 0. The number of anilines is 2. The van der Waals surface area contributed by atoms with Crippen LogP contribution in [0.25, 0.3) is 10.9 Å². The van der Waals surface area contributed by atoms with E-state index in [1.165, 1.54) is 0 Å². The third-order valence-corrected chi connectivity index (χ3v) is 4.61. The molecule has 2 N–H and O–H groups in total. The smallest absolute Gasteiger partial charge is 0.256 e. The van der Waals surface area contributed by atoms with Crippen molar-refractivity contribution < 1.29 is 9.59 Å². The minimum Gasteiger partial charge on any atom is -0.322 e. The van der Waals surface area contributed by atoms with Crippen LogP contribution in [0.15, 0.2) is 84.9 Å². The Morgan fingerprint density at radius 1 is 0.759 bits per heavy atom. The monoisotopic (exact) mass is 381 g/mol. The lowest BCUT2D eigenvalue weighted by Gasteiger charge is -2.10.